The van der Waals surface area contributed by atoms with Crippen LogP contribution in [0.5, 0.6) is 0 Å². The van der Waals surface area contributed by atoms with Gasteiger partial charge in [-0.25, -0.2) is 4.39 Å². The first-order valence-electron chi connectivity index (χ1n) is 11.2. The van der Waals surface area contributed by atoms with Crippen molar-refractivity contribution in [3.05, 3.63) is 71.1 Å². The van der Waals surface area contributed by atoms with Gasteiger partial charge < -0.3 is 4.74 Å². The first-order chi connectivity index (χ1) is 14.7. The average Bonchev–Trinajstić information content (AvgIpc) is 2.79. The van der Waals surface area contributed by atoms with Gasteiger partial charge in [-0.2, -0.15) is 0 Å². The molecule has 3 nitrogen and oxygen atoms in total. The summed E-state index contributed by atoms with van der Waals surface area (Å²) in [4.78, 5) is 10.2. The van der Waals surface area contributed by atoms with Crippen molar-refractivity contribution in [1.29, 1.82) is 0 Å². The second kappa shape index (κ2) is 9.65. The minimum absolute atomic E-state index is 0.0317. The molecule has 0 radical (unpaired) electrons. The van der Waals surface area contributed by atoms with Gasteiger partial charge in [0.25, 0.3) is 0 Å². The van der Waals surface area contributed by atoms with E-state index in [0.717, 1.165) is 62.1 Å². The fraction of sp³-hybridized carbons (Fsp3) is 0.462. The van der Waals surface area contributed by atoms with Crippen molar-refractivity contribution in [3.8, 4) is 0 Å². The third kappa shape index (κ3) is 4.54. The van der Waals surface area contributed by atoms with Crippen molar-refractivity contribution in [2.75, 3.05) is 13.7 Å². The third-order valence-electron chi connectivity index (χ3n) is 6.28. The topological polar surface area (TPSA) is 34.0 Å². The Bertz CT molecular complexity index is 925. The predicted octanol–water partition coefficient (Wildman–Crippen LogP) is 5.99. The molecule has 1 heterocycles. The number of allylic oxidation sites excluding steroid dienone is 5. The van der Waals surface area contributed by atoms with E-state index in [-0.39, 0.29) is 23.9 Å². The zero-order valence-electron chi connectivity index (χ0n) is 18.0. The van der Waals surface area contributed by atoms with Gasteiger partial charge in [-0.15, -0.1) is 0 Å². The highest BCUT2D eigenvalue weighted by molar-refractivity contribution is 6.20. The van der Waals surface area contributed by atoms with E-state index in [1.807, 2.05) is 6.07 Å². The molecule has 158 valence electrons. The van der Waals surface area contributed by atoms with Crippen LogP contribution in [0.2, 0.25) is 0 Å². The van der Waals surface area contributed by atoms with Gasteiger partial charge in [0.15, 0.2) is 0 Å². The molecule has 1 aromatic rings. The summed E-state index contributed by atoms with van der Waals surface area (Å²) < 4.78 is 19.8. The van der Waals surface area contributed by atoms with E-state index in [1.165, 1.54) is 17.2 Å². The lowest BCUT2D eigenvalue weighted by Gasteiger charge is -2.37. The van der Waals surface area contributed by atoms with Gasteiger partial charge in [0.2, 0.25) is 0 Å². The summed E-state index contributed by atoms with van der Waals surface area (Å²) in [5.41, 5.74) is 5.78. The Morgan fingerprint density at radius 2 is 2.20 bits per heavy atom. The van der Waals surface area contributed by atoms with Crippen LogP contribution < -0.4 is 0 Å². The molecule has 4 rings (SSSR count). The lowest BCUT2D eigenvalue weighted by atomic mass is 9.76. The number of methoxy groups -OCH3 is 1. The van der Waals surface area contributed by atoms with Crippen molar-refractivity contribution in [3.63, 3.8) is 0 Å². The molecule has 3 aliphatic rings. The van der Waals surface area contributed by atoms with E-state index in [2.05, 4.69) is 31.2 Å². The largest absolute Gasteiger partial charge is 0.379 e. The molecular weight excluding hydrogens is 375 g/mol. The summed E-state index contributed by atoms with van der Waals surface area (Å²) in [5, 5.41) is 0. The first-order valence-corrected chi connectivity index (χ1v) is 11.2. The Morgan fingerprint density at radius 3 is 2.93 bits per heavy atom. The molecule has 0 bridgehead atoms. The molecule has 4 heteroatoms. The molecule has 3 unspecified atom stereocenters. The lowest BCUT2D eigenvalue weighted by Crippen LogP contribution is -2.41. The standard InChI is InChI=1S/C26H31FN2O/c1-3-4-13-28-24-17-23(18-9-6-5-7-10-18)29-26-22(24)15-20(16-25(26)30-2)19-11-8-12-21(27)14-19/h5-6,8-9,11-12,14-15,20,25-26H,3-4,7,10,13,16-17H2,1-2H3. The number of ether oxygens (including phenoxy) is 1. The fourth-order valence-corrected chi connectivity index (χ4v) is 4.61. The Balaban J connectivity index is 1.74. The van der Waals surface area contributed by atoms with Gasteiger partial charge in [-0.1, -0.05) is 49.8 Å². The van der Waals surface area contributed by atoms with Crippen LogP contribution in [0.3, 0.4) is 0 Å². The number of hydrogen-bond donors (Lipinski definition) is 0. The molecule has 0 saturated heterocycles. The Labute approximate surface area is 179 Å². The Morgan fingerprint density at radius 1 is 1.30 bits per heavy atom. The van der Waals surface area contributed by atoms with Crippen LogP contribution in [0, 0.1) is 5.82 Å². The van der Waals surface area contributed by atoms with Gasteiger partial charge in [0.05, 0.1) is 6.10 Å². The maximum absolute atomic E-state index is 13.9. The van der Waals surface area contributed by atoms with Crippen LogP contribution in [0.4, 0.5) is 4.39 Å². The van der Waals surface area contributed by atoms with Crippen molar-refractivity contribution in [2.45, 2.75) is 63.5 Å². The third-order valence-corrected chi connectivity index (χ3v) is 6.28. The molecule has 0 amide bonds. The predicted molar refractivity (Wildman–Crippen MR) is 122 cm³/mol. The molecule has 0 saturated carbocycles. The highest BCUT2D eigenvalue weighted by Crippen LogP contribution is 2.38. The number of nitrogens with zero attached hydrogens (tertiary/aromatic N) is 2. The molecule has 1 aliphatic heterocycles. The molecule has 0 spiro atoms. The van der Waals surface area contributed by atoms with E-state index in [0.29, 0.717) is 0 Å². The summed E-state index contributed by atoms with van der Waals surface area (Å²) in [6, 6.07) is 6.89. The zero-order valence-corrected chi connectivity index (χ0v) is 18.0. The zero-order chi connectivity index (χ0) is 20.9. The maximum Gasteiger partial charge on any atom is 0.123 e. The number of fused-ring (bicyclic) bond motifs is 1. The monoisotopic (exact) mass is 406 g/mol. The van der Waals surface area contributed by atoms with Crippen LogP contribution in [0.15, 0.2) is 69.7 Å². The Kier molecular flexibility index (Phi) is 6.73. The molecule has 0 fully saturated rings. The number of unbranched alkanes of at least 4 members (excludes halogenated alkanes) is 1. The Hall–Kier alpha value is -2.33. The lowest BCUT2D eigenvalue weighted by molar-refractivity contribution is 0.0763. The van der Waals surface area contributed by atoms with E-state index >= 15 is 0 Å². The van der Waals surface area contributed by atoms with Crippen LogP contribution in [0.1, 0.15) is 56.9 Å². The van der Waals surface area contributed by atoms with Crippen molar-refractivity contribution >= 4 is 11.4 Å². The number of rotatable bonds is 6. The van der Waals surface area contributed by atoms with E-state index in [4.69, 9.17) is 14.7 Å². The van der Waals surface area contributed by atoms with E-state index in [9.17, 15) is 4.39 Å². The molecule has 0 N–H and O–H groups in total. The van der Waals surface area contributed by atoms with E-state index < -0.39 is 0 Å². The number of hydrogen-bond acceptors (Lipinski definition) is 3. The minimum atomic E-state index is -0.194. The van der Waals surface area contributed by atoms with Crippen LogP contribution >= 0.6 is 0 Å². The van der Waals surface area contributed by atoms with Crippen LogP contribution in [-0.2, 0) is 4.74 Å². The molecule has 30 heavy (non-hydrogen) atoms. The highest BCUT2D eigenvalue weighted by atomic mass is 19.1. The highest BCUT2D eigenvalue weighted by Gasteiger charge is 2.38. The van der Waals surface area contributed by atoms with Gasteiger partial charge in [0.1, 0.15) is 11.9 Å². The summed E-state index contributed by atoms with van der Waals surface area (Å²) >= 11 is 0. The summed E-state index contributed by atoms with van der Waals surface area (Å²) in [5.74, 6) is -0.0816. The second-order valence-electron chi connectivity index (χ2n) is 8.33. The van der Waals surface area contributed by atoms with E-state index in [1.54, 1.807) is 19.2 Å². The van der Waals surface area contributed by atoms with Crippen LogP contribution in [0.25, 0.3) is 0 Å². The second-order valence-corrected chi connectivity index (χ2v) is 8.33. The number of benzene rings is 1. The smallest absolute Gasteiger partial charge is 0.123 e. The SMILES string of the molecule is CCCCN=C1CC(C2=CC=CCC2)=NC2C1=CC(c1cccc(F)c1)CC2OC. The van der Waals surface area contributed by atoms with Crippen LogP contribution in [-0.4, -0.2) is 37.2 Å². The number of aliphatic imine (C=N–C) groups is 2. The van der Waals surface area contributed by atoms with Gasteiger partial charge in [-0.3, -0.25) is 9.98 Å². The van der Waals surface area contributed by atoms with Crippen molar-refractivity contribution in [1.82, 2.24) is 0 Å². The van der Waals surface area contributed by atoms with Crippen molar-refractivity contribution in [2.24, 2.45) is 9.98 Å². The molecule has 0 aromatic heterocycles. The first kappa shape index (κ1) is 20.9. The van der Waals surface area contributed by atoms with Gasteiger partial charge in [0, 0.05) is 37.4 Å². The van der Waals surface area contributed by atoms with Gasteiger partial charge in [-0.05, 0) is 54.5 Å². The maximum atomic E-state index is 13.9. The molecule has 3 atom stereocenters. The van der Waals surface area contributed by atoms with Gasteiger partial charge >= 0.3 is 0 Å². The van der Waals surface area contributed by atoms with Crippen molar-refractivity contribution < 1.29 is 9.13 Å². The molecular formula is C26H31FN2O. The fourth-order valence-electron chi connectivity index (χ4n) is 4.61. The molecule has 1 aromatic carbocycles. The minimum Gasteiger partial charge on any atom is -0.379 e. The number of halogens is 1. The summed E-state index contributed by atoms with van der Waals surface area (Å²) in [6.45, 7) is 3.03. The average molecular weight is 407 g/mol. The molecule has 2 aliphatic carbocycles. The summed E-state index contributed by atoms with van der Waals surface area (Å²) in [7, 11) is 1.76. The summed E-state index contributed by atoms with van der Waals surface area (Å²) in [6.07, 6.45) is 14.7. The normalized spacial score (nSPS) is 27.4. The quantitative estimate of drug-likeness (QED) is 0.535.